The molecule has 3 aromatic rings. The monoisotopic (exact) mass is 376 g/mol. The van der Waals surface area contributed by atoms with Crippen molar-refractivity contribution in [1.82, 2.24) is 9.97 Å². The molecule has 0 aliphatic rings. The molecule has 7 nitrogen and oxygen atoms in total. The van der Waals surface area contributed by atoms with Crippen molar-refractivity contribution in [2.45, 2.75) is 13.3 Å². The molecule has 0 radical (unpaired) electrons. The molecule has 0 saturated heterocycles. The molecule has 28 heavy (non-hydrogen) atoms. The lowest BCUT2D eigenvalue weighted by Gasteiger charge is -2.10. The summed E-state index contributed by atoms with van der Waals surface area (Å²) in [5, 5.41) is 5.90. The fraction of sp³-hybridized carbons (Fsp3) is 0.143. The van der Waals surface area contributed by atoms with Crippen LogP contribution in [0.1, 0.15) is 33.3 Å². The summed E-state index contributed by atoms with van der Waals surface area (Å²) < 4.78 is 4.67. The number of carbonyl (C=O) groups excluding carboxylic acids is 2. The van der Waals surface area contributed by atoms with Crippen molar-refractivity contribution in [3.8, 4) is 0 Å². The average molecular weight is 376 g/mol. The molecule has 0 aliphatic heterocycles. The lowest BCUT2D eigenvalue weighted by molar-refractivity contribution is 0.0600. The Hall–Kier alpha value is -3.74. The first-order valence-corrected chi connectivity index (χ1v) is 8.78. The van der Waals surface area contributed by atoms with E-state index < -0.39 is 5.97 Å². The lowest BCUT2D eigenvalue weighted by atomic mass is 10.1. The standard InChI is InChI=1S/C21H20N4O3/c1-3-14-6-4-5-7-17(14)24-19(26)18-12-13-22-21(25-18)23-16-10-8-15(9-11-16)20(27)28-2/h4-13H,3H2,1-2H3,(H,24,26)(H,22,23,25). The minimum atomic E-state index is -0.408. The molecule has 3 rings (SSSR count). The van der Waals surface area contributed by atoms with Gasteiger partial charge >= 0.3 is 5.97 Å². The van der Waals surface area contributed by atoms with E-state index in [-0.39, 0.29) is 17.5 Å². The number of hydrogen-bond donors (Lipinski definition) is 2. The maximum absolute atomic E-state index is 12.6. The summed E-state index contributed by atoms with van der Waals surface area (Å²) in [6.45, 7) is 2.03. The Morgan fingerprint density at radius 3 is 2.50 bits per heavy atom. The molecule has 0 saturated carbocycles. The molecule has 0 unspecified atom stereocenters. The Bertz CT molecular complexity index is 987. The van der Waals surface area contributed by atoms with Crippen LogP contribution in [-0.2, 0) is 11.2 Å². The zero-order chi connectivity index (χ0) is 19.9. The molecule has 2 aromatic carbocycles. The first-order chi connectivity index (χ1) is 13.6. The van der Waals surface area contributed by atoms with Gasteiger partial charge in [0.1, 0.15) is 5.69 Å². The maximum Gasteiger partial charge on any atom is 0.337 e. The van der Waals surface area contributed by atoms with E-state index in [1.807, 2.05) is 31.2 Å². The predicted octanol–water partition coefficient (Wildman–Crippen LogP) is 3.82. The van der Waals surface area contributed by atoms with Gasteiger partial charge in [-0.15, -0.1) is 0 Å². The average Bonchev–Trinajstić information content (AvgIpc) is 2.74. The Morgan fingerprint density at radius 1 is 1.04 bits per heavy atom. The number of rotatable bonds is 6. The summed E-state index contributed by atoms with van der Waals surface area (Å²) in [5.74, 6) is -0.441. The number of nitrogens with one attached hydrogen (secondary N) is 2. The van der Waals surface area contributed by atoms with Crippen molar-refractivity contribution in [1.29, 1.82) is 0 Å². The fourth-order valence-corrected chi connectivity index (χ4v) is 2.62. The highest BCUT2D eigenvalue weighted by molar-refractivity contribution is 6.03. The van der Waals surface area contributed by atoms with E-state index >= 15 is 0 Å². The minimum Gasteiger partial charge on any atom is -0.465 e. The molecule has 7 heteroatoms. The van der Waals surface area contributed by atoms with Crippen LogP contribution in [0.15, 0.2) is 60.8 Å². The topological polar surface area (TPSA) is 93.2 Å². The number of anilines is 3. The van der Waals surface area contributed by atoms with E-state index in [1.165, 1.54) is 13.3 Å². The van der Waals surface area contributed by atoms with Gasteiger partial charge in [-0.3, -0.25) is 4.79 Å². The van der Waals surface area contributed by atoms with Crippen molar-refractivity contribution in [3.63, 3.8) is 0 Å². The van der Waals surface area contributed by atoms with Gasteiger partial charge in [0.15, 0.2) is 0 Å². The summed E-state index contributed by atoms with van der Waals surface area (Å²) in [4.78, 5) is 32.5. The van der Waals surface area contributed by atoms with Gasteiger partial charge in [0, 0.05) is 17.6 Å². The second-order valence-electron chi connectivity index (χ2n) is 5.92. The first kappa shape index (κ1) is 19.0. The number of carbonyl (C=O) groups is 2. The van der Waals surface area contributed by atoms with Gasteiger partial charge in [-0.25, -0.2) is 14.8 Å². The van der Waals surface area contributed by atoms with Gasteiger partial charge in [-0.05, 0) is 48.4 Å². The van der Waals surface area contributed by atoms with Crippen LogP contribution in [-0.4, -0.2) is 29.0 Å². The smallest absolute Gasteiger partial charge is 0.337 e. The molecule has 0 spiro atoms. The predicted molar refractivity (Wildman–Crippen MR) is 107 cm³/mol. The van der Waals surface area contributed by atoms with Crippen LogP contribution >= 0.6 is 0 Å². The second kappa shape index (κ2) is 8.77. The van der Waals surface area contributed by atoms with Gasteiger partial charge in [0.05, 0.1) is 12.7 Å². The van der Waals surface area contributed by atoms with Crippen LogP contribution in [0.25, 0.3) is 0 Å². The van der Waals surface area contributed by atoms with E-state index in [1.54, 1.807) is 30.3 Å². The van der Waals surface area contributed by atoms with Gasteiger partial charge in [0.25, 0.3) is 5.91 Å². The third-order valence-corrected chi connectivity index (χ3v) is 4.10. The van der Waals surface area contributed by atoms with Gasteiger partial charge < -0.3 is 15.4 Å². The quantitative estimate of drug-likeness (QED) is 0.635. The van der Waals surface area contributed by atoms with Gasteiger partial charge in [-0.2, -0.15) is 0 Å². The summed E-state index contributed by atoms with van der Waals surface area (Å²) in [7, 11) is 1.33. The highest BCUT2D eigenvalue weighted by atomic mass is 16.5. The molecular formula is C21H20N4O3. The van der Waals surface area contributed by atoms with Crippen LogP contribution in [0.5, 0.6) is 0 Å². The molecule has 1 heterocycles. The Kier molecular flexibility index (Phi) is 5.96. The van der Waals surface area contributed by atoms with Crippen molar-refractivity contribution in [2.75, 3.05) is 17.7 Å². The number of ether oxygens (including phenoxy) is 1. The van der Waals surface area contributed by atoms with E-state index in [0.717, 1.165) is 17.7 Å². The molecule has 0 fully saturated rings. The first-order valence-electron chi connectivity index (χ1n) is 8.78. The molecular weight excluding hydrogens is 356 g/mol. The third-order valence-electron chi connectivity index (χ3n) is 4.10. The molecule has 0 atom stereocenters. The highest BCUT2D eigenvalue weighted by Crippen LogP contribution is 2.18. The van der Waals surface area contributed by atoms with Gasteiger partial charge in [0.2, 0.25) is 5.95 Å². The number of para-hydroxylation sites is 1. The van der Waals surface area contributed by atoms with Crippen molar-refractivity contribution in [3.05, 3.63) is 77.6 Å². The molecule has 0 aliphatic carbocycles. The van der Waals surface area contributed by atoms with Crippen molar-refractivity contribution < 1.29 is 14.3 Å². The fourth-order valence-electron chi connectivity index (χ4n) is 2.62. The summed E-state index contributed by atoms with van der Waals surface area (Å²) in [6.07, 6.45) is 2.33. The number of methoxy groups -OCH3 is 1. The van der Waals surface area contributed by atoms with Crippen LogP contribution in [0.2, 0.25) is 0 Å². The molecule has 1 aromatic heterocycles. The lowest BCUT2D eigenvalue weighted by Crippen LogP contribution is -2.15. The summed E-state index contributed by atoms with van der Waals surface area (Å²) in [6, 6.07) is 15.9. The van der Waals surface area contributed by atoms with Crippen LogP contribution in [0.4, 0.5) is 17.3 Å². The third kappa shape index (κ3) is 4.50. The summed E-state index contributed by atoms with van der Waals surface area (Å²) in [5.41, 5.74) is 3.18. The second-order valence-corrected chi connectivity index (χ2v) is 5.92. The summed E-state index contributed by atoms with van der Waals surface area (Å²) >= 11 is 0. The van der Waals surface area contributed by atoms with Crippen molar-refractivity contribution >= 4 is 29.2 Å². The molecule has 142 valence electrons. The van der Waals surface area contributed by atoms with Crippen LogP contribution < -0.4 is 10.6 Å². The van der Waals surface area contributed by atoms with Crippen molar-refractivity contribution in [2.24, 2.45) is 0 Å². The normalized spacial score (nSPS) is 10.2. The van der Waals surface area contributed by atoms with E-state index in [9.17, 15) is 9.59 Å². The van der Waals surface area contributed by atoms with Crippen LogP contribution in [0.3, 0.4) is 0 Å². The number of amides is 1. The number of hydrogen-bond acceptors (Lipinski definition) is 6. The number of esters is 1. The Morgan fingerprint density at radius 2 is 1.79 bits per heavy atom. The largest absolute Gasteiger partial charge is 0.465 e. The zero-order valence-corrected chi connectivity index (χ0v) is 15.6. The Labute approximate surface area is 162 Å². The number of nitrogens with zero attached hydrogens (tertiary/aromatic N) is 2. The molecule has 2 N–H and O–H groups in total. The molecule has 0 bridgehead atoms. The maximum atomic E-state index is 12.6. The van der Waals surface area contributed by atoms with E-state index in [4.69, 9.17) is 0 Å². The van der Waals surface area contributed by atoms with E-state index in [0.29, 0.717) is 11.3 Å². The minimum absolute atomic E-state index is 0.245. The number of benzene rings is 2. The van der Waals surface area contributed by atoms with Crippen LogP contribution in [0, 0.1) is 0 Å². The zero-order valence-electron chi connectivity index (χ0n) is 15.6. The number of aromatic nitrogens is 2. The highest BCUT2D eigenvalue weighted by Gasteiger charge is 2.11. The molecule has 1 amide bonds. The van der Waals surface area contributed by atoms with E-state index in [2.05, 4.69) is 25.3 Å². The SMILES string of the molecule is CCc1ccccc1NC(=O)c1ccnc(Nc2ccc(C(=O)OC)cc2)n1. The van der Waals surface area contributed by atoms with Gasteiger partial charge in [-0.1, -0.05) is 25.1 Å². The Balaban J connectivity index is 1.73. The number of aryl methyl sites for hydroxylation is 1.